The molecule has 4 nitrogen and oxygen atoms in total. The Balaban J connectivity index is 1.81. The molecule has 1 N–H and O–H groups in total. The molecule has 1 aromatic heterocycles. The van der Waals surface area contributed by atoms with Crippen LogP contribution in [-0.4, -0.2) is 19.3 Å². The van der Waals surface area contributed by atoms with Gasteiger partial charge in [-0.05, 0) is 43.5 Å². The SMILES string of the molecule is COc1cc(SC)ccc1C(=O)N[C@H](C)c1cc2ccccc2o1. The molecule has 0 aliphatic heterocycles. The number of amides is 1. The normalized spacial score (nSPS) is 12.1. The van der Waals surface area contributed by atoms with Gasteiger partial charge in [0.2, 0.25) is 0 Å². The van der Waals surface area contributed by atoms with Crippen LogP contribution in [0.25, 0.3) is 11.0 Å². The van der Waals surface area contributed by atoms with E-state index >= 15 is 0 Å². The van der Waals surface area contributed by atoms with E-state index in [0.717, 1.165) is 21.6 Å². The first-order valence-electron chi connectivity index (χ1n) is 7.63. The number of methoxy groups -OCH3 is 1. The second-order valence-corrected chi connectivity index (χ2v) is 6.33. The fourth-order valence-electron chi connectivity index (χ4n) is 2.55. The van der Waals surface area contributed by atoms with E-state index in [9.17, 15) is 4.79 Å². The van der Waals surface area contributed by atoms with Gasteiger partial charge in [0.15, 0.2) is 0 Å². The summed E-state index contributed by atoms with van der Waals surface area (Å²) in [6.45, 7) is 1.90. The summed E-state index contributed by atoms with van der Waals surface area (Å²) in [5.74, 6) is 1.10. The lowest BCUT2D eigenvalue weighted by molar-refractivity contribution is 0.0932. The summed E-state index contributed by atoms with van der Waals surface area (Å²) in [5, 5.41) is 3.99. The summed E-state index contributed by atoms with van der Waals surface area (Å²) in [6, 6.07) is 15.1. The minimum Gasteiger partial charge on any atom is -0.496 e. The third-order valence-electron chi connectivity index (χ3n) is 3.87. The fraction of sp³-hybridized carbons (Fsp3) is 0.211. The van der Waals surface area contributed by atoms with E-state index in [4.69, 9.17) is 9.15 Å². The molecule has 0 spiro atoms. The van der Waals surface area contributed by atoms with Crippen molar-refractivity contribution in [2.45, 2.75) is 17.9 Å². The lowest BCUT2D eigenvalue weighted by atomic mass is 10.1. The molecule has 0 bridgehead atoms. The van der Waals surface area contributed by atoms with E-state index in [1.807, 2.05) is 55.6 Å². The standard InChI is InChI=1S/C19H19NO3S/c1-12(17-10-13-6-4-5-7-16(13)23-17)20-19(21)15-9-8-14(24-3)11-18(15)22-2/h4-12H,1-3H3,(H,20,21)/t12-/m1/s1. The number of furan rings is 1. The first-order chi connectivity index (χ1) is 11.6. The predicted octanol–water partition coefficient (Wildman–Crippen LogP) is 4.65. The third-order valence-corrected chi connectivity index (χ3v) is 4.60. The highest BCUT2D eigenvalue weighted by Gasteiger charge is 2.18. The van der Waals surface area contributed by atoms with Gasteiger partial charge >= 0.3 is 0 Å². The van der Waals surface area contributed by atoms with Gasteiger partial charge in [0, 0.05) is 10.3 Å². The van der Waals surface area contributed by atoms with Crippen molar-refractivity contribution in [1.82, 2.24) is 5.32 Å². The number of para-hydroxylation sites is 1. The number of benzene rings is 2. The summed E-state index contributed by atoms with van der Waals surface area (Å²) in [6.07, 6.45) is 1.98. The molecule has 1 heterocycles. The largest absolute Gasteiger partial charge is 0.496 e. The van der Waals surface area contributed by atoms with Crippen LogP contribution in [0.4, 0.5) is 0 Å². The molecule has 1 amide bonds. The number of fused-ring (bicyclic) bond motifs is 1. The molecule has 0 fully saturated rings. The lowest BCUT2D eigenvalue weighted by Gasteiger charge is -2.14. The Hall–Kier alpha value is -2.40. The zero-order chi connectivity index (χ0) is 17.1. The van der Waals surface area contributed by atoms with Gasteiger partial charge in [-0.25, -0.2) is 0 Å². The zero-order valence-electron chi connectivity index (χ0n) is 13.8. The number of thioether (sulfide) groups is 1. The molecule has 0 unspecified atom stereocenters. The minimum atomic E-state index is -0.241. The Morgan fingerprint density at radius 1 is 1.21 bits per heavy atom. The lowest BCUT2D eigenvalue weighted by Crippen LogP contribution is -2.26. The zero-order valence-corrected chi connectivity index (χ0v) is 14.6. The Morgan fingerprint density at radius 3 is 2.71 bits per heavy atom. The summed E-state index contributed by atoms with van der Waals surface area (Å²) in [7, 11) is 1.57. The molecule has 5 heteroatoms. The predicted molar refractivity (Wildman–Crippen MR) is 96.9 cm³/mol. The van der Waals surface area contributed by atoms with Crippen LogP contribution in [0.5, 0.6) is 5.75 Å². The number of hydrogen-bond acceptors (Lipinski definition) is 4. The van der Waals surface area contributed by atoms with Gasteiger partial charge in [-0.2, -0.15) is 0 Å². The Labute approximate surface area is 145 Å². The van der Waals surface area contributed by atoms with Gasteiger partial charge in [0.1, 0.15) is 17.1 Å². The van der Waals surface area contributed by atoms with Crippen molar-refractivity contribution in [3.8, 4) is 5.75 Å². The van der Waals surface area contributed by atoms with E-state index < -0.39 is 0 Å². The minimum absolute atomic E-state index is 0.188. The average Bonchev–Trinajstić information content (AvgIpc) is 3.05. The maximum atomic E-state index is 12.6. The first-order valence-corrected chi connectivity index (χ1v) is 8.86. The Morgan fingerprint density at radius 2 is 2.00 bits per heavy atom. The van der Waals surface area contributed by atoms with Crippen LogP contribution in [0.2, 0.25) is 0 Å². The second kappa shape index (κ2) is 7.01. The van der Waals surface area contributed by atoms with Gasteiger partial charge in [-0.3, -0.25) is 4.79 Å². The molecule has 0 radical (unpaired) electrons. The van der Waals surface area contributed by atoms with E-state index in [2.05, 4.69) is 5.32 Å². The van der Waals surface area contributed by atoms with Crippen LogP contribution in [0.1, 0.15) is 29.1 Å². The van der Waals surface area contributed by atoms with Crippen molar-refractivity contribution in [2.24, 2.45) is 0 Å². The Bertz CT molecular complexity index is 839. The summed E-state index contributed by atoms with van der Waals surface area (Å²) < 4.78 is 11.2. The molecule has 0 aliphatic rings. The van der Waals surface area contributed by atoms with Gasteiger partial charge in [-0.15, -0.1) is 11.8 Å². The van der Waals surface area contributed by atoms with Crippen LogP contribution in [-0.2, 0) is 0 Å². The van der Waals surface area contributed by atoms with Crippen molar-refractivity contribution < 1.29 is 13.9 Å². The van der Waals surface area contributed by atoms with Crippen LogP contribution in [0.3, 0.4) is 0 Å². The number of ether oxygens (including phenoxy) is 1. The van der Waals surface area contributed by atoms with Crippen molar-refractivity contribution in [1.29, 1.82) is 0 Å². The molecule has 0 saturated heterocycles. The molecular weight excluding hydrogens is 322 g/mol. The van der Waals surface area contributed by atoms with Crippen LogP contribution >= 0.6 is 11.8 Å². The van der Waals surface area contributed by atoms with Crippen LogP contribution < -0.4 is 10.1 Å². The van der Waals surface area contributed by atoms with Crippen molar-refractivity contribution in [2.75, 3.05) is 13.4 Å². The average molecular weight is 341 g/mol. The summed E-state index contributed by atoms with van der Waals surface area (Å²) >= 11 is 1.61. The van der Waals surface area contributed by atoms with Crippen molar-refractivity contribution in [3.05, 3.63) is 59.9 Å². The highest BCUT2D eigenvalue weighted by molar-refractivity contribution is 7.98. The molecule has 24 heavy (non-hydrogen) atoms. The number of hydrogen-bond donors (Lipinski definition) is 1. The van der Waals surface area contributed by atoms with Crippen LogP contribution in [0.15, 0.2) is 57.8 Å². The van der Waals surface area contributed by atoms with E-state index in [0.29, 0.717) is 11.3 Å². The maximum Gasteiger partial charge on any atom is 0.255 e. The van der Waals surface area contributed by atoms with Gasteiger partial charge in [0.25, 0.3) is 5.91 Å². The van der Waals surface area contributed by atoms with E-state index in [1.165, 1.54) is 0 Å². The second-order valence-electron chi connectivity index (χ2n) is 5.45. The highest BCUT2D eigenvalue weighted by Crippen LogP contribution is 2.27. The molecule has 3 aromatic rings. The van der Waals surface area contributed by atoms with Gasteiger partial charge < -0.3 is 14.5 Å². The van der Waals surface area contributed by atoms with Gasteiger partial charge in [-0.1, -0.05) is 18.2 Å². The monoisotopic (exact) mass is 341 g/mol. The number of carbonyl (C=O) groups excluding carboxylic acids is 1. The molecule has 1 atom stereocenters. The molecule has 0 saturated carbocycles. The molecular formula is C19H19NO3S. The summed E-state index contributed by atoms with van der Waals surface area (Å²) in [4.78, 5) is 13.6. The number of rotatable bonds is 5. The number of carbonyl (C=O) groups is 1. The highest BCUT2D eigenvalue weighted by atomic mass is 32.2. The topological polar surface area (TPSA) is 51.5 Å². The summed E-state index contributed by atoms with van der Waals surface area (Å²) in [5.41, 5.74) is 1.33. The van der Waals surface area contributed by atoms with Gasteiger partial charge in [0.05, 0.1) is 18.7 Å². The smallest absolute Gasteiger partial charge is 0.255 e. The van der Waals surface area contributed by atoms with E-state index in [1.54, 1.807) is 24.9 Å². The Kier molecular flexibility index (Phi) is 4.81. The quantitative estimate of drug-likeness (QED) is 0.686. The molecule has 0 aliphatic carbocycles. The molecule has 2 aromatic carbocycles. The third kappa shape index (κ3) is 3.26. The number of nitrogens with one attached hydrogen (secondary N) is 1. The van der Waals surface area contributed by atoms with Crippen molar-refractivity contribution >= 4 is 28.6 Å². The molecule has 124 valence electrons. The van der Waals surface area contributed by atoms with E-state index in [-0.39, 0.29) is 11.9 Å². The molecule has 3 rings (SSSR count). The maximum absolute atomic E-state index is 12.6. The fourth-order valence-corrected chi connectivity index (χ4v) is 2.98. The first kappa shape index (κ1) is 16.5. The van der Waals surface area contributed by atoms with Crippen molar-refractivity contribution in [3.63, 3.8) is 0 Å². The van der Waals surface area contributed by atoms with Crippen LogP contribution in [0, 0.1) is 0 Å².